The number of hydrogen-bond donors (Lipinski definition) is 1. The number of aromatic amines is 1. The molecule has 3 aromatic rings. The maximum absolute atomic E-state index is 5.22. The second kappa shape index (κ2) is 6.94. The van der Waals surface area contributed by atoms with Crippen molar-refractivity contribution in [3.63, 3.8) is 0 Å². The lowest BCUT2D eigenvalue weighted by Crippen LogP contribution is -1.84. The third-order valence-electron chi connectivity index (χ3n) is 3.23. The molecular formula is C17H16N2OS2. The van der Waals surface area contributed by atoms with E-state index in [1.807, 2.05) is 48.7 Å². The number of nitrogens with one attached hydrogen (secondary N) is 1. The van der Waals surface area contributed by atoms with Gasteiger partial charge in [-0.05, 0) is 42.7 Å². The Labute approximate surface area is 138 Å². The number of aromatic nitrogens is 2. The molecule has 22 heavy (non-hydrogen) atoms. The largest absolute Gasteiger partial charge is 0.497 e. The molecule has 0 aliphatic rings. The van der Waals surface area contributed by atoms with E-state index in [4.69, 9.17) is 4.74 Å². The van der Waals surface area contributed by atoms with Gasteiger partial charge in [0.1, 0.15) is 10.8 Å². The van der Waals surface area contributed by atoms with Gasteiger partial charge in [-0.15, -0.1) is 11.8 Å². The van der Waals surface area contributed by atoms with Gasteiger partial charge in [-0.3, -0.25) is 5.10 Å². The van der Waals surface area contributed by atoms with Crippen LogP contribution >= 0.6 is 23.5 Å². The minimum atomic E-state index is 0.852. The Morgan fingerprint density at radius 3 is 2.36 bits per heavy atom. The van der Waals surface area contributed by atoms with E-state index >= 15 is 0 Å². The van der Waals surface area contributed by atoms with Crippen molar-refractivity contribution in [1.82, 2.24) is 10.2 Å². The molecule has 0 spiro atoms. The summed E-state index contributed by atoms with van der Waals surface area (Å²) < 4.78 is 5.22. The van der Waals surface area contributed by atoms with Gasteiger partial charge in [-0.1, -0.05) is 30.0 Å². The number of thioether (sulfide) groups is 1. The highest BCUT2D eigenvalue weighted by Gasteiger charge is 2.15. The van der Waals surface area contributed by atoms with Crippen LogP contribution in [0.4, 0.5) is 0 Å². The average molecular weight is 328 g/mol. The second-order valence-electron chi connectivity index (χ2n) is 4.58. The molecule has 0 amide bonds. The molecule has 0 saturated carbocycles. The predicted molar refractivity (Wildman–Crippen MR) is 92.9 cm³/mol. The number of hydrogen-bond acceptors (Lipinski definition) is 4. The highest BCUT2D eigenvalue weighted by molar-refractivity contribution is 8.02. The molecule has 0 fully saturated rings. The van der Waals surface area contributed by atoms with Gasteiger partial charge in [-0.2, -0.15) is 5.10 Å². The van der Waals surface area contributed by atoms with Gasteiger partial charge in [0.15, 0.2) is 0 Å². The number of ether oxygens (including phenoxy) is 1. The summed E-state index contributed by atoms with van der Waals surface area (Å²) in [6.07, 6.45) is 2.04. The van der Waals surface area contributed by atoms with Crippen LogP contribution in [0.2, 0.25) is 0 Å². The molecule has 0 aliphatic carbocycles. The van der Waals surface area contributed by atoms with Gasteiger partial charge >= 0.3 is 0 Å². The molecule has 1 aromatic heterocycles. The topological polar surface area (TPSA) is 37.9 Å². The van der Waals surface area contributed by atoms with Gasteiger partial charge < -0.3 is 4.74 Å². The lowest BCUT2D eigenvalue weighted by molar-refractivity contribution is 0.415. The summed E-state index contributed by atoms with van der Waals surface area (Å²) in [4.78, 5) is 2.36. The number of rotatable bonds is 5. The Morgan fingerprint density at radius 1 is 1.00 bits per heavy atom. The lowest BCUT2D eigenvalue weighted by atomic mass is 10.1. The molecule has 0 unspecified atom stereocenters. The van der Waals surface area contributed by atoms with Crippen LogP contribution in [0.1, 0.15) is 0 Å². The molecule has 0 atom stereocenters. The summed E-state index contributed by atoms with van der Waals surface area (Å²) in [6.45, 7) is 0. The fourth-order valence-electron chi connectivity index (χ4n) is 2.11. The van der Waals surface area contributed by atoms with Crippen molar-refractivity contribution in [1.29, 1.82) is 0 Å². The van der Waals surface area contributed by atoms with Crippen molar-refractivity contribution in [2.75, 3.05) is 13.4 Å². The molecule has 0 saturated heterocycles. The molecule has 3 rings (SSSR count). The van der Waals surface area contributed by atoms with Crippen molar-refractivity contribution in [2.45, 2.75) is 14.8 Å². The molecule has 1 heterocycles. The molecule has 112 valence electrons. The third kappa shape index (κ3) is 3.15. The van der Waals surface area contributed by atoms with Gasteiger partial charge in [0.05, 0.1) is 17.7 Å². The van der Waals surface area contributed by atoms with Crippen LogP contribution in [0, 0.1) is 0 Å². The number of methoxy groups -OCH3 is 1. The third-order valence-corrected chi connectivity index (χ3v) is 5.15. The maximum atomic E-state index is 5.22. The normalized spacial score (nSPS) is 10.6. The molecule has 1 N–H and O–H groups in total. The monoisotopic (exact) mass is 328 g/mol. The van der Waals surface area contributed by atoms with Crippen LogP contribution < -0.4 is 4.74 Å². The van der Waals surface area contributed by atoms with E-state index in [9.17, 15) is 0 Å². The quantitative estimate of drug-likeness (QED) is 0.672. The van der Waals surface area contributed by atoms with Gasteiger partial charge in [0.25, 0.3) is 0 Å². The van der Waals surface area contributed by atoms with Crippen LogP contribution in [-0.2, 0) is 0 Å². The van der Waals surface area contributed by atoms with Crippen LogP contribution in [0.3, 0.4) is 0 Å². The lowest BCUT2D eigenvalue weighted by Gasteiger charge is -2.06. The smallest absolute Gasteiger partial charge is 0.132 e. The van der Waals surface area contributed by atoms with E-state index in [0.717, 1.165) is 26.9 Å². The van der Waals surface area contributed by atoms with Crippen molar-refractivity contribution in [3.05, 3.63) is 54.6 Å². The van der Waals surface area contributed by atoms with Crippen LogP contribution in [-0.4, -0.2) is 23.6 Å². The molecule has 0 bridgehead atoms. The summed E-state index contributed by atoms with van der Waals surface area (Å²) >= 11 is 3.38. The van der Waals surface area contributed by atoms with Crippen molar-refractivity contribution >= 4 is 23.5 Å². The van der Waals surface area contributed by atoms with E-state index in [1.54, 1.807) is 30.6 Å². The summed E-state index contributed by atoms with van der Waals surface area (Å²) in [5.74, 6) is 0.852. The van der Waals surface area contributed by atoms with Gasteiger partial charge in [0, 0.05) is 10.5 Å². The zero-order valence-corrected chi connectivity index (χ0v) is 14.0. The predicted octanol–water partition coefficient (Wildman–Crippen LogP) is 4.96. The average Bonchev–Trinajstić information content (AvgIpc) is 2.98. The zero-order chi connectivity index (χ0) is 15.4. The first-order valence-electron chi connectivity index (χ1n) is 6.81. The van der Waals surface area contributed by atoms with E-state index in [1.165, 1.54) is 4.90 Å². The standard InChI is InChI=1S/C17H16N2OS2/c1-20-13-10-8-12(9-11-13)15-16(17(21-2)19-18-15)22-14-6-4-3-5-7-14/h3-11H,1-2H3,(H,18,19). The van der Waals surface area contributed by atoms with Gasteiger partial charge in [-0.25, -0.2) is 0 Å². The summed E-state index contributed by atoms with van der Waals surface area (Å²) in [5.41, 5.74) is 2.15. The Bertz CT molecular complexity index is 739. The fourth-order valence-corrected chi connectivity index (χ4v) is 3.83. The Hall–Kier alpha value is -1.85. The molecule has 0 radical (unpaired) electrons. The first kappa shape index (κ1) is 15.1. The van der Waals surface area contributed by atoms with Crippen molar-refractivity contribution < 1.29 is 4.74 Å². The maximum Gasteiger partial charge on any atom is 0.132 e. The molecule has 0 aliphatic heterocycles. The fraction of sp³-hybridized carbons (Fsp3) is 0.118. The molecule has 5 heteroatoms. The number of nitrogens with zero attached hydrogens (tertiary/aromatic N) is 1. The summed E-state index contributed by atoms with van der Waals surface area (Å²) in [5, 5.41) is 8.62. The first-order valence-corrected chi connectivity index (χ1v) is 8.85. The number of H-pyrrole nitrogens is 1. The minimum Gasteiger partial charge on any atom is -0.497 e. The second-order valence-corrected chi connectivity index (χ2v) is 6.46. The van der Waals surface area contributed by atoms with E-state index in [-0.39, 0.29) is 0 Å². The summed E-state index contributed by atoms with van der Waals surface area (Å²) in [6, 6.07) is 18.4. The van der Waals surface area contributed by atoms with Crippen LogP contribution in [0.25, 0.3) is 11.3 Å². The van der Waals surface area contributed by atoms with Crippen LogP contribution in [0.5, 0.6) is 5.75 Å². The SMILES string of the molecule is COc1ccc(-c2[nH]nc(SC)c2Sc2ccccc2)cc1. The van der Waals surface area contributed by atoms with Crippen molar-refractivity contribution in [3.8, 4) is 17.0 Å². The number of benzene rings is 2. The van der Waals surface area contributed by atoms with E-state index in [2.05, 4.69) is 22.3 Å². The first-order chi connectivity index (χ1) is 10.8. The molecular weight excluding hydrogens is 312 g/mol. The Morgan fingerprint density at radius 2 is 1.73 bits per heavy atom. The minimum absolute atomic E-state index is 0.852. The Balaban J connectivity index is 1.99. The summed E-state index contributed by atoms with van der Waals surface area (Å²) in [7, 11) is 1.67. The molecule has 2 aromatic carbocycles. The van der Waals surface area contributed by atoms with Crippen LogP contribution in [0.15, 0.2) is 69.4 Å². The zero-order valence-electron chi connectivity index (χ0n) is 12.4. The highest BCUT2D eigenvalue weighted by Crippen LogP contribution is 2.40. The Kier molecular flexibility index (Phi) is 4.75. The van der Waals surface area contributed by atoms with Crippen molar-refractivity contribution in [2.24, 2.45) is 0 Å². The van der Waals surface area contributed by atoms with Gasteiger partial charge in [0.2, 0.25) is 0 Å². The molecule has 3 nitrogen and oxygen atoms in total. The van der Waals surface area contributed by atoms with E-state index in [0.29, 0.717) is 0 Å². The van der Waals surface area contributed by atoms with E-state index < -0.39 is 0 Å². The highest BCUT2D eigenvalue weighted by atomic mass is 32.2.